The maximum atomic E-state index is 10.8. The second-order valence-electron chi connectivity index (χ2n) is 8.50. The molecular formula is C23H38Na2O8S2. The van der Waals surface area contributed by atoms with Gasteiger partial charge >= 0.3 is 59.1 Å². The average Bonchev–Trinajstić information content (AvgIpc) is 2.68. The second kappa shape index (κ2) is 21.6. The molecule has 8 nitrogen and oxygen atoms in total. The number of aryl methyl sites for hydroxylation is 1. The van der Waals surface area contributed by atoms with Crippen LogP contribution in [-0.2, 0) is 27.2 Å². The van der Waals surface area contributed by atoms with E-state index in [0.717, 1.165) is 31.7 Å². The Hall–Kier alpha value is 0.640. The maximum absolute atomic E-state index is 10.8. The van der Waals surface area contributed by atoms with Gasteiger partial charge in [0.05, 0.1) is 0 Å². The van der Waals surface area contributed by atoms with Gasteiger partial charge in [-0.25, -0.2) is 16.8 Å². The van der Waals surface area contributed by atoms with Gasteiger partial charge in [-0.1, -0.05) is 96.8 Å². The van der Waals surface area contributed by atoms with Crippen molar-refractivity contribution in [2.24, 2.45) is 0 Å². The molecule has 0 fully saturated rings. The van der Waals surface area contributed by atoms with Crippen molar-refractivity contribution in [1.29, 1.82) is 0 Å². The third-order valence-corrected chi connectivity index (χ3v) is 6.20. The third kappa shape index (κ3) is 23.5. The molecule has 12 heteroatoms. The molecule has 1 aromatic rings. The Bertz CT molecular complexity index is 825. The van der Waals surface area contributed by atoms with E-state index in [4.69, 9.17) is 0 Å². The largest absolute Gasteiger partial charge is 1.00 e. The predicted octanol–water partition coefficient (Wildman–Crippen LogP) is -0.213. The van der Waals surface area contributed by atoms with Gasteiger partial charge in [-0.3, -0.25) is 0 Å². The van der Waals surface area contributed by atoms with E-state index in [2.05, 4.69) is 15.3 Å². The van der Waals surface area contributed by atoms with Crippen molar-refractivity contribution < 1.29 is 93.4 Å². The summed E-state index contributed by atoms with van der Waals surface area (Å²) in [4.78, 5) is 0. The summed E-state index contributed by atoms with van der Waals surface area (Å²) in [6.07, 6.45) is 19.0. The summed E-state index contributed by atoms with van der Waals surface area (Å²) in [5.74, 6) is -0.774. The van der Waals surface area contributed by atoms with Crippen molar-refractivity contribution in [3.8, 4) is 11.5 Å². The zero-order valence-electron chi connectivity index (χ0n) is 21.6. The van der Waals surface area contributed by atoms with Crippen LogP contribution in [0.3, 0.4) is 0 Å². The maximum Gasteiger partial charge on any atom is 1.00 e. The molecule has 0 aromatic heterocycles. The normalized spacial score (nSPS) is 11.4. The molecule has 35 heavy (non-hydrogen) atoms. The average molecular weight is 553 g/mol. The van der Waals surface area contributed by atoms with Gasteiger partial charge < -0.3 is 17.5 Å². The Morgan fingerprint density at radius 2 is 0.886 bits per heavy atom. The summed E-state index contributed by atoms with van der Waals surface area (Å²) in [6, 6.07) is 3.52. The van der Waals surface area contributed by atoms with Crippen LogP contribution in [-0.4, -0.2) is 25.9 Å². The molecule has 0 saturated heterocycles. The Kier molecular flexibility index (Phi) is 23.3. The summed E-state index contributed by atoms with van der Waals surface area (Å²) < 4.78 is 73.4. The zero-order valence-corrected chi connectivity index (χ0v) is 27.3. The Morgan fingerprint density at radius 3 is 1.20 bits per heavy atom. The van der Waals surface area contributed by atoms with Gasteiger partial charge in [0, 0.05) is 6.07 Å². The molecule has 0 unspecified atom stereocenters. The molecule has 0 aliphatic rings. The van der Waals surface area contributed by atoms with Gasteiger partial charge in [0.15, 0.2) is 0 Å². The van der Waals surface area contributed by atoms with Gasteiger partial charge in [-0.05, 0) is 30.5 Å². The minimum atomic E-state index is -5.04. The van der Waals surface area contributed by atoms with Crippen LogP contribution >= 0.6 is 0 Å². The smallest absolute Gasteiger partial charge is 0.716 e. The minimum absolute atomic E-state index is 0. The van der Waals surface area contributed by atoms with E-state index < -0.39 is 20.8 Å². The van der Waals surface area contributed by atoms with Crippen molar-refractivity contribution >= 4 is 20.8 Å². The van der Waals surface area contributed by atoms with E-state index in [1.165, 1.54) is 82.8 Å². The fourth-order valence-corrected chi connectivity index (χ4v) is 4.47. The Morgan fingerprint density at radius 1 is 0.571 bits per heavy atom. The van der Waals surface area contributed by atoms with Crippen LogP contribution in [0.2, 0.25) is 0 Å². The van der Waals surface area contributed by atoms with E-state index in [9.17, 15) is 25.9 Å². The fourth-order valence-electron chi connectivity index (χ4n) is 3.81. The van der Waals surface area contributed by atoms with Gasteiger partial charge in [0.2, 0.25) is 0 Å². The van der Waals surface area contributed by atoms with Crippen LogP contribution in [0.5, 0.6) is 11.5 Å². The molecular weight excluding hydrogens is 514 g/mol. The van der Waals surface area contributed by atoms with Gasteiger partial charge in [0.1, 0.15) is 11.5 Å². The minimum Gasteiger partial charge on any atom is -0.716 e. The fraction of sp³-hybridized carbons (Fsp3) is 0.739. The van der Waals surface area contributed by atoms with Gasteiger partial charge in [-0.2, -0.15) is 0 Å². The van der Waals surface area contributed by atoms with E-state index >= 15 is 0 Å². The molecule has 0 radical (unpaired) electrons. The first-order valence-electron chi connectivity index (χ1n) is 12.0. The van der Waals surface area contributed by atoms with Crippen LogP contribution in [0, 0.1) is 0 Å². The van der Waals surface area contributed by atoms with Crippen molar-refractivity contribution in [1.82, 2.24) is 0 Å². The zero-order chi connectivity index (χ0) is 24.6. The van der Waals surface area contributed by atoms with Crippen molar-refractivity contribution in [3.63, 3.8) is 0 Å². The third-order valence-electron chi connectivity index (χ3n) is 5.41. The summed E-state index contributed by atoms with van der Waals surface area (Å²) in [6.45, 7) is 2.24. The Balaban J connectivity index is 0. The van der Waals surface area contributed by atoms with Crippen LogP contribution in [0.1, 0.15) is 109 Å². The molecule has 0 amide bonds. The molecule has 0 atom stereocenters. The number of hydrogen-bond donors (Lipinski definition) is 0. The van der Waals surface area contributed by atoms with Gasteiger partial charge in [0.25, 0.3) is 20.8 Å². The van der Waals surface area contributed by atoms with E-state index in [1.807, 2.05) is 0 Å². The summed E-state index contributed by atoms with van der Waals surface area (Å²) in [7, 11) is -10.1. The van der Waals surface area contributed by atoms with E-state index in [0.29, 0.717) is 12.0 Å². The Labute approximate surface area is 256 Å². The predicted molar refractivity (Wildman–Crippen MR) is 126 cm³/mol. The molecule has 0 N–H and O–H groups in total. The molecule has 192 valence electrons. The summed E-state index contributed by atoms with van der Waals surface area (Å²) in [5.41, 5.74) is 0.518. The molecule has 0 aliphatic carbocycles. The molecule has 0 heterocycles. The SMILES string of the molecule is CCCCCCCCCCCCCCCCCc1cc(OS(=O)(=O)[O-])cc(OS(=O)(=O)[O-])c1.[Na+].[Na+]. The van der Waals surface area contributed by atoms with Crippen molar-refractivity contribution in [2.75, 3.05) is 0 Å². The summed E-state index contributed by atoms with van der Waals surface area (Å²) in [5, 5.41) is 0. The van der Waals surface area contributed by atoms with Crippen molar-refractivity contribution in [3.05, 3.63) is 23.8 Å². The monoisotopic (exact) mass is 552 g/mol. The summed E-state index contributed by atoms with van der Waals surface area (Å²) >= 11 is 0. The van der Waals surface area contributed by atoms with Crippen LogP contribution < -0.4 is 67.5 Å². The number of hydrogen-bond acceptors (Lipinski definition) is 8. The molecule has 0 spiro atoms. The second-order valence-corrected chi connectivity index (χ2v) is 10.5. The molecule has 1 rings (SSSR count). The van der Waals surface area contributed by atoms with E-state index in [-0.39, 0.29) is 70.6 Å². The first kappa shape index (κ1) is 37.8. The number of benzene rings is 1. The van der Waals surface area contributed by atoms with Crippen LogP contribution in [0.15, 0.2) is 18.2 Å². The molecule has 0 bridgehead atoms. The quantitative estimate of drug-likeness (QED) is 0.0939. The molecule has 0 aliphatic heterocycles. The van der Waals surface area contributed by atoms with Gasteiger partial charge in [-0.15, -0.1) is 0 Å². The number of rotatable bonds is 20. The number of unbranched alkanes of at least 4 members (excludes halogenated alkanes) is 14. The van der Waals surface area contributed by atoms with E-state index in [1.54, 1.807) is 0 Å². The van der Waals surface area contributed by atoms with Crippen LogP contribution in [0.4, 0.5) is 0 Å². The van der Waals surface area contributed by atoms with Crippen molar-refractivity contribution in [2.45, 2.75) is 110 Å². The molecule has 0 saturated carbocycles. The topological polar surface area (TPSA) is 133 Å². The van der Waals surface area contributed by atoms with Crippen LogP contribution in [0.25, 0.3) is 0 Å². The first-order valence-corrected chi connectivity index (χ1v) is 14.7. The first-order chi connectivity index (χ1) is 15.6. The standard InChI is InChI=1S/C23H40O8S2.2Na/c1-2-3-4-5-6-7-8-9-10-11-12-13-14-15-16-17-21-18-22(30-32(24,25)26)20-23(19-21)31-33(27,28)29;;/h18-20H,2-17H2,1H3,(H,24,25,26)(H,27,28,29);;/q;2*+1/p-2. The molecule has 1 aromatic carbocycles.